The molecule has 100 heavy (non-hydrogen) atoms. The third-order valence-corrected chi connectivity index (χ3v) is 4550. The van der Waals surface area contributed by atoms with E-state index in [0.29, 0.717) is 26.2 Å². The summed E-state index contributed by atoms with van der Waals surface area (Å²) in [5.74, 6) is -0.0486. The van der Waals surface area contributed by atoms with E-state index in [2.05, 4.69) is 620 Å². The Morgan fingerprint density at radius 3 is 0.770 bits per heavy atom. The summed E-state index contributed by atoms with van der Waals surface area (Å²) >= 11 is 105. The molecule has 4 atom stereocenters. The van der Waals surface area contributed by atoms with Gasteiger partial charge in [0.05, 0.1) is 30.9 Å². The summed E-state index contributed by atoms with van der Waals surface area (Å²) in [6, 6.07) is 2.20. The minimum Gasteiger partial charge on any atom is -0.197 e. The third kappa shape index (κ3) is 69.5. The zero-order valence-electron chi connectivity index (χ0n) is 47.1. The summed E-state index contributed by atoms with van der Waals surface area (Å²) in [5, 5.41) is 8.79. The average Bonchev–Trinajstić information content (AvgIpc) is 1.32. The first-order valence-electron chi connectivity index (χ1n) is 19.8. The van der Waals surface area contributed by atoms with Crippen molar-refractivity contribution in [1.29, 1.82) is 5.26 Å². The van der Waals surface area contributed by atoms with Gasteiger partial charge in [-0.05, 0) is 68.2 Å². The maximum absolute atomic E-state index is 11.9. The first kappa shape index (κ1) is 156. The summed E-state index contributed by atoms with van der Waals surface area (Å²) in [5.41, 5.74) is -1.03. The molecule has 2 aliphatic heterocycles. The van der Waals surface area contributed by atoms with Crippen LogP contribution in [0.25, 0.3) is 0 Å². The topological polar surface area (TPSA) is 126 Å². The number of hydrogen-bond donors (Lipinski definition) is 0. The maximum atomic E-state index is 11.9. The Balaban J connectivity index is -0.000000302. The Hall–Kier alpha value is 45.3. The van der Waals surface area contributed by atoms with Crippen LogP contribution in [0.5, 0.6) is 0 Å². The molecule has 0 N–H and O–H groups in total. The minimum atomic E-state index is -3.49. The van der Waals surface area contributed by atoms with Crippen molar-refractivity contribution in [2.24, 2.45) is 5.92 Å². The molecule has 2 saturated heterocycles. The van der Waals surface area contributed by atoms with Gasteiger partial charge in [0.15, 0.2) is 0 Å². The molecule has 0 spiro atoms. The van der Waals surface area contributed by atoms with Gasteiger partial charge >= 0.3 is 869 Å². The number of nitrogens with zero attached hydrogens (tertiary/aromatic N) is 3. The van der Waals surface area contributed by atoms with E-state index in [4.69, 9.17) is 18.9 Å². The Morgan fingerprint density at radius 2 is 0.590 bits per heavy atom. The predicted octanol–water partition coefficient (Wildman–Crippen LogP) is 55.9. The van der Waals surface area contributed by atoms with Crippen molar-refractivity contribution in [3.8, 4) is 6.07 Å². The monoisotopic (exact) mass is 8620 g/mol. The summed E-state index contributed by atoms with van der Waals surface area (Å²) in [6.07, 6.45) is 1.01. The second-order valence-corrected chi connectivity index (χ2v) is 1450. The molecule has 2 aliphatic rings. The standard InChI is InChI=1S/C11H18N2O2.C11H21NO5S.I32.I31.4H2S/c1-8-5-9(6-12)7-13(8)10(14)15-11(2,3)4;1-8-6-9(17-18(5,14)15)7-12(8)10(13)16-11(2,3)4;1-18(2)20(5)22(7)24(9)26(11)28(13)30(15)32(17)31(16)29(14)27(12)25(10)23(8)21(6)19(3)4;1-17-19(4)21(6)23(8)25(10)27(12)29(14)31(16)30(15)28(13)26(11)24(9)22(7)20(5)18(2)3;;;;/h8-9H,5,7H2,1-4H3;8-9H,6-7H2,1-5H3;;;4*1H2/q;;;-1;;;;/t8-,9?;8-,9-;;;;;;/m00....../s1. The molecule has 0 bridgehead atoms. The van der Waals surface area contributed by atoms with E-state index in [0.717, 1.165) is 12.7 Å². The van der Waals surface area contributed by atoms with Crippen LogP contribution < -0.4 is 13.3 Å². The maximum Gasteiger partial charge on any atom is -0.197 e. The number of carbonyl (C=O) groups excluding carboxylic acids is 2. The number of halogens is 63. The molecule has 664 valence electrons. The Labute approximate surface area is 1050 Å². The van der Waals surface area contributed by atoms with Gasteiger partial charge in [0, 0.05) is 18.6 Å². The number of nitriles is 1. The van der Waals surface area contributed by atoms with E-state index in [-0.39, 0.29) is 92.5 Å². The fourth-order valence-corrected chi connectivity index (χ4v) is 10700. The summed E-state index contributed by atoms with van der Waals surface area (Å²) in [4.78, 5) is 26.7. The van der Waals surface area contributed by atoms with Crippen molar-refractivity contribution in [3.63, 3.8) is 0 Å². The number of carbonyl (C=O) groups is 2. The number of ether oxygens (including phenoxy) is 2. The second kappa shape index (κ2) is 88.2. The minimum absolute atomic E-state index is 0. The van der Waals surface area contributed by atoms with Crippen LogP contribution in [0, 0.1) is 17.2 Å². The average molecular weight is 8620 g/mol. The van der Waals surface area contributed by atoms with E-state index in [1.165, 1.54) is 4.90 Å². The van der Waals surface area contributed by atoms with Gasteiger partial charge in [0.1, 0.15) is 11.2 Å². The predicted molar refractivity (Wildman–Crippen MR) is 1030 cm³/mol. The van der Waals surface area contributed by atoms with Gasteiger partial charge in [-0.15, -0.1) is 0 Å². The van der Waals surface area contributed by atoms with Crippen molar-refractivity contribution >= 4 is 920 Å². The fourth-order valence-electron chi connectivity index (χ4n) is 4.36. The van der Waals surface area contributed by atoms with Crippen LogP contribution in [0.2, 0.25) is 0 Å². The molecule has 2 amide bonds. The van der Waals surface area contributed by atoms with E-state index < -0.39 is 255 Å². The number of hydrogen-bond acceptors (Lipinski definition) is 8. The molecule has 0 aromatic heterocycles. The molecule has 2 heterocycles. The van der Waals surface area contributed by atoms with Crippen LogP contribution in [-0.2, 0) is 23.8 Å². The molecular formula is C22H47I63N3O7S5-. The van der Waals surface area contributed by atoms with Crippen LogP contribution >= 0.6 is 897 Å². The van der Waals surface area contributed by atoms with Gasteiger partial charge in [-0.1, -0.05) is 0 Å². The van der Waals surface area contributed by atoms with Crippen molar-refractivity contribution in [2.75, 3.05) is 19.3 Å². The van der Waals surface area contributed by atoms with Gasteiger partial charge < -0.3 is 19.3 Å². The molecule has 0 saturated carbocycles. The van der Waals surface area contributed by atoms with Gasteiger partial charge in [0.2, 0.25) is 0 Å². The molecule has 10 nitrogen and oxygen atoms in total. The largest absolute Gasteiger partial charge is 0.197 e. The zero-order valence-corrected chi connectivity index (χ0v) is 188. The normalized spacial score (nSPS) is 20.1. The van der Waals surface area contributed by atoms with E-state index in [9.17, 15) is 18.0 Å². The number of rotatable bonds is 30. The van der Waals surface area contributed by atoms with Crippen molar-refractivity contribution in [1.82, 2.24) is 9.80 Å². The molecule has 0 aromatic carbocycles. The fraction of sp³-hybridized carbons (Fsp3) is 0.864. The van der Waals surface area contributed by atoms with Crippen LogP contribution in [0.3, 0.4) is 0 Å². The second-order valence-electron chi connectivity index (χ2n) is 15.4. The molecule has 78 heteroatoms. The quantitative estimate of drug-likeness (QED) is 0.0514. The smallest absolute Gasteiger partial charge is 0.197 e. The van der Waals surface area contributed by atoms with Crippen molar-refractivity contribution < 1.29 is 44.9 Å². The SMILES string of the molecule is C[C@H]1CC(C#N)CN1C(=O)OC(C)(C)C.C[C@H]1C[C@H](OS(C)(=O)=O)CN1C(=O)OC(C)(C)C.II(I)I(I)I(I)I(I)I(I)I(I)I(I)I(I)I(I)I(I)I(I)I(I)I(I)I(I)I(I)I.I[I-]I(I)I(I)I(I)I(I)I(I)I(I)I(I)I(I)I(I)I(I)I(I)I(I)I(I)I(I)I.S.S.S.S. The van der Waals surface area contributed by atoms with Gasteiger partial charge in [-0.2, -0.15) is 67.7 Å². The Morgan fingerprint density at radius 1 is 0.390 bits per heavy atom. The first-order valence-corrected chi connectivity index (χ1v) is 405. The molecule has 1 unspecified atom stereocenters. The summed E-state index contributed by atoms with van der Waals surface area (Å²) in [6.45, 7) is 15.4. The Bertz CT molecular complexity index is 2350. The molecular weight excluding hydrogens is 8570 g/mol. The first-order chi connectivity index (χ1) is 43.4. The van der Waals surface area contributed by atoms with Crippen LogP contribution in [0.1, 0.15) is 68.2 Å². The van der Waals surface area contributed by atoms with Gasteiger partial charge in [-0.25, -0.2) is 9.59 Å². The van der Waals surface area contributed by atoms with E-state index in [1.807, 2.05) is 34.6 Å². The molecule has 0 aliphatic carbocycles. The molecule has 2 fully saturated rings. The van der Waals surface area contributed by atoms with Gasteiger partial charge in [0.25, 0.3) is 10.1 Å². The molecule has 0 radical (unpaired) electrons. The van der Waals surface area contributed by atoms with E-state index in [1.54, 1.807) is 25.7 Å². The van der Waals surface area contributed by atoms with E-state index >= 15 is 0 Å². The third-order valence-electron chi connectivity index (χ3n) is 7.11. The molecule has 2 rings (SSSR count). The molecule has 0 aromatic rings. The van der Waals surface area contributed by atoms with Crippen LogP contribution in [-0.4, -0.2) is 79.1 Å². The number of amides is 2. The number of likely N-dealkylation sites (tertiary alicyclic amines) is 2. The summed E-state index contributed by atoms with van der Waals surface area (Å²) in [7, 11) is -17.0. The van der Waals surface area contributed by atoms with Crippen LogP contribution in [0.15, 0.2) is 0 Å². The summed E-state index contributed by atoms with van der Waals surface area (Å²) < 4.78 is 37.5. The van der Waals surface area contributed by atoms with Crippen LogP contribution in [0.4, 0.5) is 9.59 Å². The van der Waals surface area contributed by atoms with Gasteiger partial charge in [-0.3, -0.25) is 4.18 Å². The zero-order chi connectivity index (χ0) is 76.2. The van der Waals surface area contributed by atoms with Crippen molar-refractivity contribution in [2.45, 2.75) is 97.6 Å². The Kier molecular flexibility index (Phi) is 138. The van der Waals surface area contributed by atoms with Crippen molar-refractivity contribution in [3.05, 3.63) is 0 Å².